The molecule has 0 radical (unpaired) electrons. The lowest BCUT2D eigenvalue weighted by Gasteiger charge is -2.06. The van der Waals surface area contributed by atoms with Crippen LogP contribution in [0.3, 0.4) is 0 Å². The molecule has 7 heteroatoms. The summed E-state index contributed by atoms with van der Waals surface area (Å²) in [5.41, 5.74) is 2.50. The maximum Gasteiger partial charge on any atom is 0.417 e. The summed E-state index contributed by atoms with van der Waals surface area (Å²) >= 11 is 0. The van der Waals surface area contributed by atoms with E-state index in [0.717, 1.165) is 5.56 Å². The Morgan fingerprint density at radius 1 is 1.30 bits per heavy atom. The number of aromatic amines is 1. The lowest BCUT2D eigenvalue weighted by Crippen LogP contribution is -2.10. The number of hydrogen-bond acceptors (Lipinski definition) is 6. The third-order valence-corrected chi connectivity index (χ3v) is 2.86. The Hall–Kier alpha value is -3.14. The third-order valence-electron chi connectivity index (χ3n) is 2.86. The molecule has 3 rings (SSSR count). The summed E-state index contributed by atoms with van der Waals surface area (Å²) < 4.78 is 5.00. The first-order chi connectivity index (χ1) is 9.67. The van der Waals surface area contributed by atoms with Crippen molar-refractivity contribution in [2.45, 2.75) is 0 Å². The van der Waals surface area contributed by atoms with Crippen LogP contribution in [0.15, 0.2) is 39.5 Å². The molecular weight excluding hydrogens is 258 g/mol. The van der Waals surface area contributed by atoms with Gasteiger partial charge in [0, 0.05) is 12.6 Å². The number of hydrogen-bond donors (Lipinski definition) is 1. The van der Waals surface area contributed by atoms with Gasteiger partial charge in [-0.2, -0.15) is 5.26 Å². The van der Waals surface area contributed by atoms with E-state index in [-0.39, 0.29) is 0 Å². The van der Waals surface area contributed by atoms with Gasteiger partial charge in [0.25, 0.3) is 0 Å². The van der Waals surface area contributed by atoms with Gasteiger partial charge in [-0.3, -0.25) is 9.88 Å². The first kappa shape index (κ1) is 11.9. The van der Waals surface area contributed by atoms with Crippen LogP contribution in [0.5, 0.6) is 0 Å². The number of anilines is 1. The average molecular weight is 267 g/mol. The van der Waals surface area contributed by atoms with E-state index >= 15 is 0 Å². The van der Waals surface area contributed by atoms with Crippen LogP contribution in [-0.2, 0) is 0 Å². The minimum Gasteiger partial charge on any atom is -0.408 e. The quantitative estimate of drug-likeness (QED) is 0.558. The summed E-state index contributed by atoms with van der Waals surface area (Å²) in [6.07, 6.45) is 1.94. The molecule has 0 atom stereocenters. The van der Waals surface area contributed by atoms with Crippen LogP contribution in [0.2, 0.25) is 0 Å². The molecule has 98 valence electrons. The first-order valence-corrected chi connectivity index (χ1v) is 5.78. The standard InChI is InChI=1S/C13H9N5O2/c1-18(7-14)12-5-4-9(16-17-12)8-2-3-10-11(6-8)20-13(19)15-10/h2-6H,1H3,(H,15,19). The second-order valence-corrected chi connectivity index (χ2v) is 4.16. The second kappa shape index (κ2) is 4.51. The molecule has 20 heavy (non-hydrogen) atoms. The van der Waals surface area contributed by atoms with Gasteiger partial charge in [0.1, 0.15) is 0 Å². The molecular formula is C13H9N5O2. The highest BCUT2D eigenvalue weighted by atomic mass is 16.4. The van der Waals surface area contributed by atoms with Gasteiger partial charge in [0.2, 0.25) is 0 Å². The van der Waals surface area contributed by atoms with Crippen molar-refractivity contribution in [3.63, 3.8) is 0 Å². The van der Waals surface area contributed by atoms with Crippen LogP contribution in [0.4, 0.5) is 5.82 Å². The SMILES string of the molecule is CN(C#N)c1ccc(-c2ccc3[nH]c(=O)oc3c2)nn1. The predicted octanol–water partition coefficient (Wildman–Crippen LogP) is 1.50. The fraction of sp³-hybridized carbons (Fsp3) is 0.0769. The molecule has 2 aromatic heterocycles. The van der Waals surface area contributed by atoms with Gasteiger partial charge >= 0.3 is 5.76 Å². The van der Waals surface area contributed by atoms with Crippen LogP contribution in [0, 0.1) is 11.5 Å². The van der Waals surface area contributed by atoms with Crippen molar-refractivity contribution in [3.8, 4) is 17.5 Å². The first-order valence-electron chi connectivity index (χ1n) is 5.78. The number of aromatic nitrogens is 3. The van der Waals surface area contributed by atoms with Gasteiger partial charge in [0.15, 0.2) is 17.6 Å². The van der Waals surface area contributed by atoms with Crippen LogP contribution in [0.25, 0.3) is 22.4 Å². The van der Waals surface area contributed by atoms with Crippen LogP contribution >= 0.6 is 0 Å². The van der Waals surface area contributed by atoms with Crippen molar-refractivity contribution < 1.29 is 4.42 Å². The Morgan fingerprint density at radius 2 is 2.15 bits per heavy atom. The van der Waals surface area contributed by atoms with E-state index in [1.165, 1.54) is 4.90 Å². The van der Waals surface area contributed by atoms with Crippen molar-refractivity contribution in [1.29, 1.82) is 5.26 Å². The van der Waals surface area contributed by atoms with E-state index < -0.39 is 5.76 Å². The Balaban J connectivity index is 2.02. The summed E-state index contributed by atoms with van der Waals surface area (Å²) in [6, 6.07) is 8.72. The number of fused-ring (bicyclic) bond motifs is 1. The van der Waals surface area contributed by atoms with Gasteiger partial charge in [-0.1, -0.05) is 6.07 Å². The average Bonchev–Trinajstić information content (AvgIpc) is 2.85. The summed E-state index contributed by atoms with van der Waals surface area (Å²) in [5, 5.41) is 16.8. The van der Waals surface area contributed by atoms with Crippen molar-refractivity contribution in [1.82, 2.24) is 15.2 Å². The third kappa shape index (κ3) is 1.99. The molecule has 0 unspecified atom stereocenters. The van der Waals surface area contributed by atoms with Gasteiger partial charge in [-0.15, -0.1) is 10.2 Å². The maximum atomic E-state index is 11.1. The number of rotatable bonds is 2. The maximum absolute atomic E-state index is 11.1. The number of nitriles is 1. The number of nitrogens with zero attached hydrogens (tertiary/aromatic N) is 4. The second-order valence-electron chi connectivity index (χ2n) is 4.16. The van der Waals surface area contributed by atoms with E-state index in [1.54, 1.807) is 31.3 Å². The summed E-state index contributed by atoms with van der Waals surface area (Å²) in [5.74, 6) is -0.0280. The fourth-order valence-electron chi connectivity index (χ4n) is 1.81. The number of oxazole rings is 1. The number of nitrogens with one attached hydrogen (secondary N) is 1. The minimum atomic E-state index is -0.491. The van der Waals surface area contributed by atoms with E-state index in [4.69, 9.17) is 9.68 Å². The highest BCUT2D eigenvalue weighted by Gasteiger charge is 2.07. The molecule has 1 N–H and O–H groups in total. The highest BCUT2D eigenvalue weighted by molar-refractivity contribution is 5.78. The van der Waals surface area contributed by atoms with Crippen LogP contribution in [0.1, 0.15) is 0 Å². The molecule has 0 saturated heterocycles. The molecule has 0 bridgehead atoms. The highest BCUT2D eigenvalue weighted by Crippen LogP contribution is 2.21. The fourth-order valence-corrected chi connectivity index (χ4v) is 1.81. The summed E-state index contributed by atoms with van der Waals surface area (Å²) in [7, 11) is 1.60. The number of H-pyrrole nitrogens is 1. The minimum absolute atomic E-state index is 0.463. The smallest absolute Gasteiger partial charge is 0.408 e. The molecule has 0 fully saturated rings. The van der Waals surface area contributed by atoms with Crippen molar-refractivity contribution in [3.05, 3.63) is 40.9 Å². The Kier molecular flexibility index (Phi) is 2.69. The van der Waals surface area contributed by atoms with E-state index in [0.29, 0.717) is 22.6 Å². The molecule has 2 heterocycles. The van der Waals surface area contributed by atoms with Crippen LogP contribution < -0.4 is 10.7 Å². The molecule has 0 aliphatic carbocycles. The predicted molar refractivity (Wildman–Crippen MR) is 71.9 cm³/mol. The van der Waals surface area contributed by atoms with Crippen molar-refractivity contribution >= 4 is 16.9 Å². The zero-order chi connectivity index (χ0) is 14.1. The summed E-state index contributed by atoms with van der Waals surface area (Å²) in [4.78, 5) is 15.0. The molecule has 3 aromatic rings. The van der Waals surface area contributed by atoms with Gasteiger partial charge in [-0.05, 0) is 24.3 Å². The van der Waals surface area contributed by atoms with Crippen LogP contribution in [-0.4, -0.2) is 22.2 Å². The topological polar surface area (TPSA) is 98.8 Å². The van der Waals surface area contributed by atoms with E-state index in [1.807, 2.05) is 12.3 Å². The lowest BCUT2D eigenvalue weighted by molar-refractivity contribution is 0.555. The largest absolute Gasteiger partial charge is 0.417 e. The zero-order valence-corrected chi connectivity index (χ0v) is 10.5. The Morgan fingerprint density at radius 3 is 2.85 bits per heavy atom. The van der Waals surface area contributed by atoms with Gasteiger partial charge < -0.3 is 4.42 Å². The molecule has 0 aliphatic rings. The van der Waals surface area contributed by atoms with E-state index in [9.17, 15) is 4.79 Å². The zero-order valence-electron chi connectivity index (χ0n) is 10.5. The summed E-state index contributed by atoms with van der Waals surface area (Å²) in [6.45, 7) is 0. The molecule has 0 amide bonds. The molecule has 0 spiro atoms. The monoisotopic (exact) mass is 267 g/mol. The normalized spacial score (nSPS) is 10.4. The Bertz CT molecular complexity index is 857. The molecule has 1 aromatic carbocycles. The number of benzene rings is 1. The van der Waals surface area contributed by atoms with E-state index in [2.05, 4.69) is 15.2 Å². The van der Waals surface area contributed by atoms with Crippen molar-refractivity contribution in [2.24, 2.45) is 0 Å². The van der Waals surface area contributed by atoms with Crippen molar-refractivity contribution in [2.75, 3.05) is 11.9 Å². The van der Waals surface area contributed by atoms with Gasteiger partial charge in [0.05, 0.1) is 11.2 Å². The lowest BCUT2D eigenvalue weighted by atomic mass is 10.1. The molecule has 0 saturated carbocycles. The Labute approximate surface area is 113 Å². The molecule has 0 aliphatic heterocycles. The van der Waals surface area contributed by atoms with Gasteiger partial charge in [-0.25, -0.2) is 4.79 Å². The molecule has 7 nitrogen and oxygen atoms in total.